The second kappa shape index (κ2) is 6.44. The van der Waals surface area contributed by atoms with Crippen LogP contribution in [0.25, 0.3) is 0 Å². The molecular weight excluding hydrogens is 317 g/mol. The summed E-state index contributed by atoms with van der Waals surface area (Å²) in [5.41, 5.74) is 0.280. The van der Waals surface area contributed by atoms with Crippen molar-refractivity contribution in [2.45, 2.75) is 18.4 Å². The minimum Gasteiger partial charge on any atom is -0.270 e. The SMILES string of the molecule is CCN(c1cccc(F)c1)S(=O)(=O)c1cnn(CCCl)c1. The summed E-state index contributed by atoms with van der Waals surface area (Å²) < 4.78 is 41.1. The summed E-state index contributed by atoms with van der Waals surface area (Å²) in [5, 5.41) is 3.95. The molecule has 0 N–H and O–H groups in total. The summed E-state index contributed by atoms with van der Waals surface area (Å²) in [6, 6.07) is 5.47. The zero-order valence-corrected chi connectivity index (χ0v) is 13.0. The van der Waals surface area contributed by atoms with Crippen LogP contribution in [0.4, 0.5) is 10.1 Å². The summed E-state index contributed by atoms with van der Waals surface area (Å²) in [4.78, 5) is 0.0544. The third-order valence-corrected chi connectivity index (χ3v) is 4.92. The molecule has 0 amide bonds. The summed E-state index contributed by atoms with van der Waals surface area (Å²) in [6.07, 6.45) is 2.68. The highest BCUT2D eigenvalue weighted by atomic mass is 35.5. The zero-order valence-electron chi connectivity index (χ0n) is 11.4. The number of sulfonamides is 1. The Balaban J connectivity index is 2.39. The lowest BCUT2D eigenvalue weighted by Crippen LogP contribution is -2.30. The zero-order chi connectivity index (χ0) is 15.5. The highest BCUT2D eigenvalue weighted by Gasteiger charge is 2.25. The van der Waals surface area contributed by atoms with Gasteiger partial charge in [-0.15, -0.1) is 11.6 Å². The third kappa shape index (κ3) is 3.36. The van der Waals surface area contributed by atoms with Gasteiger partial charge in [-0.2, -0.15) is 5.10 Å². The van der Waals surface area contributed by atoms with E-state index in [0.29, 0.717) is 12.4 Å². The first-order valence-corrected chi connectivity index (χ1v) is 8.33. The van der Waals surface area contributed by atoms with Gasteiger partial charge in [0.25, 0.3) is 10.0 Å². The number of alkyl halides is 1. The van der Waals surface area contributed by atoms with Gasteiger partial charge in [-0.05, 0) is 25.1 Å². The molecule has 8 heteroatoms. The summed E-state index contributed by atoms with van der Waals surface area (Å²) in [5.74, 6) is -0.151. The van der Waals surface area contributed by atoms with E-state index in [4.69, 9.17) is 11.6 Å². The van der Waals surface area contributed by atoms with Crippen molar-refractivity contribution in [3.05, 3.63) is 42.5 Å². The molecule has 0 atom stereocenters. The largest absolute Gasteiger partial charge is 0.270 e. The smallest absolute Gasteiger partial charge is 0.267 e. The lowest BCUT2D eigenvalue weighted by atomic mass is 10.3. The normalized spacial score (nSPS) is 11.6. The molecule has 21 heavy (non-hydrogen) atoms. The van der Waals surface area contributed by atoms with Crippen LogP contribution in [0.3, 0.4) is 0 Å². The Bertz CT molecular complexity index is 718. The second-order valence-electron chi connectivity index (χ2n) is 4.28. The minimum atomic E-state index is -3.78. The highest BCUT2D eigenvalue weighted by molar-refractivity contribution is 7.92. The maximum Gasteiger partial charge on any atom is 0.267 e. The quantitative estimate of drug-likeness (QED) is 0.764. The first-order chi connectivity index (χ1) is 9.98. The van der Waals surface area contributed by atoms with E-state index < -0.39 is 15.8 Å². The molecular formula is C13H15ClFN3O2S. The van der Waals surface area contributed by atoms with Gasteiger partial charge in [0, 0.05) is 18.6 Å². The van der Waals surface area contributed by atoms with Crippen molar-refractivity contribution in [1.29, 1.82) is 0 Å². The number of halogens is 2. The van der Waals surface area contributed by atoms with Crippen molar-refractivity contribution >= 4 is 27.3 Å². The minimum absolute atomic E-state index is 0.0544. The van der Waals surface area contributed by atoms with E-state index in [-0.39, 0.29) is 17.1 Å². The van der Waals surface area contributed by atoms with Crippen molar-refractivity contribution in [3.8, 4) is 0 Å². The molecule has 0 aliphatic rings. The van der Waals surface area contributed by atoms with Crippen LogP contribution in [-0.2, 0) is 16.6 Å². The Morgan fingerprint density at radius 1 is 1.43 bits per heavy atom. The Morgan fingerprint density at radius 2 is 2.19 bits per heavy atom. The molecule has 0 spiro atoms. The van der Waals surface area contributed by atoms with Gasteiger partial charge in [-0.1, -0.05) is 6.07 Å². The number of aryl methyl sites for hydroxylation is 1. The molecule has 0 saturated heterocycles. The lowest BCUT2D eigenvalue weighted by molar-refractivity contribution is 0.591. The molecule has 1 aromatic heterocycles. The molecule has 5 nitrogen and oxygen atoms in total. The van der Waals surface area contributed by atoms with Crippen LogP contribution >= 0.6 is 11.6 Å². The van der Waals surface area contributed by atoms with E-state index >= 15 is 0 Å². The van der Waals surface area contributed by atoms with Crippen molar-refractivity contribution < 1.29 is 12.8 Å². The number of aromatic nitrogens is 2. The van der Waals surface area contributed by atoms with Gasteiger partial charge in [-0.25, -0.2) is 12.8 Å². The third-order valence-electron chi connectivity index (χ3n) is 2.89. The van der Waals surface area contributed by atoms with E-state index in [1.807, 2.05) is 0 Å². The number of hydrogen-bond donors (Lipinski definition) is 0. The van der Waals surface area contributed by atoms with Crippen LogP contribution in [0, 0.1) is 5.82 Å². The van der Waals surface area contributed by atoms with Gasteiger partial charge in [0.2, 0.25) is 0 Å². The molecule has 0 radical (unpaired) electrons. The van der Waals surface area contributed by atoms with Gasteiger partial charge in [0.1, 0.15) is 10.7 Å². The van der Waals surface area contributed by atoms with Crippen molar-refractivity contribution in [2.75, 3.05) is 16.7 Å². The lowest BCUT2D eigenvalue weighted by Gasteiger charge is -2.21. The fraction of sp³-hybridized carbons (Fsp3) is 0.308. The van der Waals surface area contributed by atoms with E-state index in [0.717, 1.165) is 4.31 Å². The number of benzene rings is 1. The van der Waals surface area contributed by atoms with Crippen molar-refractivity contribution in [2.24, 2.45) is 0 Å². The van der Waals surface area contributed by atoms with Gasteiger partial charge in [0.15, 0.2) is 0 Å². The first kappa shape index (κ1) is 15.8. The standard InChI is InChI=1S/C13H15ClFN3O2S/c1-2-18(12-5-3-4-11(15)8-12)21(19,20)13-9-16-17(10-13)7-6-14/h3-5,8-10H,2,6-7H2,1H3. The number of anilines is 1. The number of rotatable bonds is 6. The van der Waals surface area contributed by atoms with Gasteiger partial charge in [-0.3, -0.25) is 8.99 Å². The molecule has 0 bridgehead atoms. The van der Waals surface area contributed by atoms with E-state index in [2.05, 4.69) is 5.10 Å². The number of hydrogen-bond acceptors (Lipinski definition) is 3. The van der Waals surface area contributed by atoms with Crippen LogP contribution in [0.15, 0.2) is 41.6 Å². The Hall–Kier alpha value is -1.60. The molecule has 0 aliphatic heterocycles. The average Bonchev–Trinajstić information content (AvgIpc) is 2.89. The molecule has 1 heterocycles. The number of nitrogens with zero attached hydrogens (tertiary/aromatic N) is 3. The summed E-state index contributed by atoms with van der Waals surface area (Å²) in [7, 11) is -3.78. The average molecular weight is 332 g/mol. The molecule has 2 aromatic rings. The van der Waals surface area contributed by atoms with E-state index in [1.54, 1.807) is 13.0 Å². The predicted molar refractivity (Wildman–Crippen MR) is 79.6 cm³/mol. The van der Waals surface area contributed by atoms with E-state index in [9.17, 15) is 12.8 Å². The molecule has 1 aromatic carbocycles. The second-order valence-corrected chi connectivity index (χ2v) is 6.52. The van der Waals surface area contributed by atoms with Crippen LogP contribution < -0.4 is 4.31 Å². The van der Waals surface area contributed by atoms with Crippen LogP contribution in [0.1, 0.15) is 6.92 Å². The molecule has 114 valence electrons. The maximum absolute atomic E-state index is 13.3. The predicted octanol–water partition coefficient (Wildman–Crippen LogP) is 2.48. The molecule has 0 aliphatic carbocycles. The van der Waals surface area contributed by atoms with Crippen molar-refractivity contribution in [1.82, 2.24) is 9.78 Å². The van der Waals surface area contributed by atoms with Crippen LogP contribution in [0.5, 0.6) is 0 Å². The molecule has 0 saturated carbocycles. The highest BCUT2D eigenvalue weighted by Crippen LogP contribution is 2.23. The monoisotopic (exact) mass is 331 g/mol. The van der Waals surface area contributed by atoms with Crippen molar-refractivity contribution in [3.63, 3.8) is 0 Å². The Morgan fingerprint density at radius 3 is 2.81 bits per heavy atom. The molecule has 0 fully saturated rings. The van der Waals surface area contributed by atoms with Gasteiger partial charge < -0.3 is 0 Å². The first-order valence-electron chi connectivity index (χ1n) is 6.35. The summed E-state index contributed by atoms with van der Waals surface area (Å²) >= 11 is 5.60. The Kier molecular flexibility index (Phi) is 4.84. The topological polar surface area (TPSA) is 55.2 Å². The van der Waals surface area contributed by atoms with Crippen LogP contribution in [-0.4, -0.2) is 30.6 Å². The maximum atomic E-state index is 13.3. The van der Waals surface area contributed by atoms with Gasteiger partial charge in [0.05, 0.1) is 18.4 Å². The van der Waals surface area contributed by atoms with Gasteiger partial charge >= 0.3 is 0 Å². The molecule has 2 rings (SSSR count). The fourth-order valence-corrected chi connectivity index (χ4v) is 3.53. The fourth-order valence-electron chi connectivity index (χ4n) is 1.94. The van der Waals surface area contributed by atoms with Crippen LogP contribution in [0.2, 0.25) is 0 Å². The van der Waals surface area contributed by atoms with E-state index in [1.165, 1.54) is 35.3 Å². The molecule has 0 unspecified atom stereocenters. The Labute approximate surface area is 128 Å². The summed E-state index contributed by atoms with van der Waals surface area (Å²) in [6.45, 7) is 2.29.